The molecule has 0 fully saturated rings. The van der Waals surface area contributed by atoms with E-state index < -0.39 is 16.7 Å². The van der Waals surface area contributed by atoms with E-state index >= 15 is 0 Å². The Morgan fingerprint density at radius 3 is 2.58 bits per heavy atom. The van der Waals surface area contributed by atoms with Crippen molar-refractivity contribution in [3.05, 3.63) is 51.5 Å². The van der Waals surface area contributed by atoms with Crippen molar-refractivity contribution in [2.24, 2.45) is 0 Å². The van der Waals surface area contributed by atoms with Crippen molar-refractivity contribution in [1.29, 1.82) is 0 Å². The monoisotopic (exact) mass is 267 g/mol. The minimum Gasteiger partial charge on any atom is -0.466 e. The van der Waals surface area contributed by atoms with Crippen molar-refractivity contribution in [3.8, 4) is 0 Å². The lowest BCUT2D eigenvalue weighted by atomic mass is 10.1. The van der Waals surface area contributed by atoms with Crippen LogP contribution in [-0.2, 0) is 9.53 Å². The second-order valence-corrected chi connectivity index (χ2v) is 3.89. The van der Waals surface area contributed by atoms with E-state index in [-0.39, 0.29) is 18.7 Å². The smallest absolute Gasteiger partial charge is 0.302 e. The summed E-state index contributed by atoms with van der Waals surface area (Å²) >= 11 is 0. The first-order chi connectivity index (χ1) is 8.99. The van der Waals surface area contributed by atoms with Gasteiger partial charge in [0.25, 0.3) is 0 Å². The quantitative estimate of drug-likeness (QED) is 0.344. The van der Waals surface area contributed by atoms with Crippen LogP contribution in [0.5, 0.6) is 0 Å². The number of hydrogen-bond donors (Lipinski definition) is 0. The van der Waals surface area contributed by atoms with Gasteiger partial charge in [-0.05, 0) is 24.1 Å². The number of benzene rings is 1. The number of hydrogen-bond acceptors (Lipinski definition) is 4. The van der Waals surface area contributed by atoms with E-state index in [1.165, 1.54) is 37.3 Å². The van der Waals surface area contributed by atoms with Crippen LogP contribution in [-0.4, -0.2) is 17.5 Å². The molecule has 0 aromatic heterocycles. The molecular weight excluding hydrogens is 253 g/mol. The van der Waals surface area contributed by atoms with Crippen molar-refractivity contribution in [1.82, 2.24) is 0 Å². The molecule has 0 aliphatic carbocycles. The van der Waals surface area contributed by atoms with Gasteiger partial charge in [0, 0.05) is 19.4 Å². The van der Waals surface area contributed by atoms with Gasteiger partial charge in [0.1, 0.15) is 5.82 Å². The fourth-order valence-electron chi connectivity index (χ4n) is 1.44. The minimum atomic E-state index is -0.489. The second-order valence-electron chi connectivity index (χ2n) is 3.89. The van der Waals surface area contributed by atoms with Gasteiger partial charge in [-0.2, -0.15) is 0 Å². The van der Waals surface area contributed by atoms with Crippen molar-refractivity contribution >= 4 is 12.0 Å². The van der Waals surface area contributed by atoms with Gasteiger partial charge in [0.2, 0.25) is 5.70 Å². The SMILES string of the molecule is CC(=O)OCCC/C(=C\c1ccc(F)cc1)[N+](=O)[O-]. The average molecular weight is 267 g/mol. The van der Waals surface area contributed by atoms with Crippen LogP contribution in [0.25, 0.3) is 6.08 Å². The van der Waals surface area contributed by atoms with Crippen molar-refractivity contribution in [2.45, 2.75) is 19.8 Å². The van der Waals surface area contributed by atoms with E-state index in [1.807, 2.05) is 0 Å². The Kier molecular flexibility index (Phi) is 5.66. The summed E-state index contributed by atoms with van der Waals surface area (Å²) < 4.78 is 17.4. The Balaban J connectivity index is 2.64. The Morgan fingerprint density at radius 2 is 2.05 bits per heavy atom. The molecule has 0 aliphatic rings. The summed E-state index contributed by atoms with van der Waals surface area (Å²) in [6, 6.07) is 5.40. The normalized spacial score (nSPS) is 11.2. The Labute approximate surface area is 109 Å². The number of nitrogens with zero attached hydrogens (tertiary/aromatic N) is 1. The highest BCUT2D eigenvalue weighted by Gasteiger charge is 2.10. The molecule has 0 bridgehead atoms. The Bertz CT molecular complexity index is 482. The first kappa shape index (κ1) is 14.8. The van der Waals surface area contributed by atoms with Gasteiger partial charge in [0.15, 0.2) is 0 Å². The summed E-state index contributed by atoms with van der Waals surface area (Å²) in [6.45, 7) is 1.42. The fraction of sp³-hybridized carbons (Fsp3) is 0.308. The molecule has 0 unspecified atom stereocenters. The topological polar surface area (TPSA) is 69.4 Å². The fourth-order valence-corrected chi connectivity index (χ4v) is 1.44. The highest BCUT2D eigenvalue weighted by atomic mass is 19.1. The van der Waals surface area contributed by atoms with Gasteiger partial charge in [0.05, 0.1) is 11.5 Å². The number of ether oxygens (including phenoxy) is 1. The molecule has 0 aliphatic heterocycles. The van der Waals surface area contributed by atoms with E-state index in [1.54, 1.807) is 0 Å². The Morgan fingerprint density at radius 1 is 1.42 bits per heavy atom. The molecule has 6 heteroatoms. The van der Waals surface area contributed by atoms with Crippen LogP contribution in [0.15, 0.2) is 30.0 Å². The highest BCUT2D eigenvalue weighted by Crippen LogP contribution is 2.13. The van der Waals surface area contributed by atoms with Gasteiger partial charge in [-0.25, -0.2) is 4.39 Å². The maximum Gasteiger partial charge on any atom is 0.302 e. The molecule has 0 amide bonds. The first-order valence-electron chi connectivity index (χ1n) is 5.73. The summed E-state index contributed by atoms with van der Waals surface area (Å²) in [7, 11) is 0. The lowest BCUT2D eigenvalue weighted by Crippen LogP contribution is -2.04. The maximum absolute atomic E-state index is 12.7. The summed E-state index contributed by atoms with van der Waals surface area (Å²) in [5.41, 5.74) is 0.555. The zero-order valence-corrected chi connectivity index (χ0v) is 10.5. The van der Waals surface area contributed by atoms with Gasteiger partial charge in [-0.1, -0.05) is 12.1 Å². The van der Waals surface area contributed by atoms with Gasteiger partial charge in [-0.15, -0.1) is 0 Å². The van der Waals surface area contributed by atoms with Crippen molar-refractivity contribution in [2.75, 3.05) is 6.61 Å². The molecule has 0 heterocycles. The van der Waals surface area contributed by atoms with Crippen molar-refractivity contribution in [3.63, 3.8) is 0 Å². The summed E-state index contributed by atoms with van der Waals surface area (Å²) in [6.07, 6.45) is 1.93. The molecule has 1 aromatic carbocycles. The summed E-state index contributed by atoms with van der Waals surface area (Å²) in [5.74, 6) is -0.806. The lowest BCUT2D eigenvalue weighted by Gasteiger charge is -2.01. The van der Waals surface area contributed by atoms with Crippen LogP contribution in [0.3, 0.4) is 0 Å². The van der Waals surface area contributed by atoms with Gasteiger partial charge >= 0.3 is 5.97 Å². The van der Waals surface area contributed by atoms with E-state index in [9.17, 15) is 19.3 Å². The number of allylic oxidation sites excluding steroid dienone is 1. The van der Waals surface area contributed by atoms with E-state index in [0.717, 1.165) is 0 Å². The van der Waals surface area contributed by atoms with Crippen molar-refractivity contribution < 1.29 is 18.8 Å². The molecular formula is C13H14FNO4. The molecule has 1 aromatic rings. The van der Waals surface area contributed by atoms with Gasteiger partial charge < -0.3 is 4.74 Å². The molecule has 0 atom stereocenters. The predicted octanol–water partition coefficient (Wildman–Crippen LogP) is 2.79. The first-order valence-corrected chi connectivity index (χ1v) is 5.73. The molecule has 19 heavy (non-hydrogen) atoms. The molecule has 0 saturated carbocycles. The van der Waals surface area contributed by atoms with E-state index in [0.29, 0.717) is 12.0 Å². The van der Waals surface area contributed by atoms with Crippen LogP contribution in [0.1, 0.15) is 25.3 Å². The number of carbonyl (C=O) groups excluding carboxylic acids is 1. The molecule has 0 N–H and O–H groups in total. The van der Waals surface area contributed by atoms with Crippen LogP contribution in [0, 0.1) is 15.9 Å². The zero-order chi connectivity index (χ0) is 14.3. The third-order valence-corrected chi connectivity index (χ3v) is 2.32. The number of nitro groups is 1. The largest absolute Gasteiger partial charge is 0.466 e. The molecule has 1 rings (SSSR count). The number of esters is 1. The third-order valence-electron chi connectivity index (χ3n) is 2.32. The molecule has 102 valence electrons. The molecule has 0 radical (unpaired) electrons. The molecule has 5 nitrogen and oxygen atoms in total. The summed E-state index contributed by atoms with van der Waals surface area (Å²) in [5, 5.41) is 10.9. The number of rotatable bonds is 6. The summed E-state index contributed by atoms with van der Waals surface area (Å²) in [4.78, 5) is 20.9. The van der Waals surface area contributed by atoms with E-state index in [2.05, 4.69) is 0 Å². The molecule has 0 spiro atoms. The lowest BCUT2D eigenvalue weighted by molar-refractivity contribution is -0.426. The Hall–Kier alpha value is -2.24. The van der Waals surface area contributed by atoms with Gasteiger partial charge in [-0.3, -0.25) is 14.9 Å². The number of halogens is 1. The minimum absolute atomic E-state index is 0.00115. The van der Waals surface area contributed by atoms with Crippen LogP contribution < -0.4 is 0 Å². The highest BCUT2D eigenvalue weighted by molar-refractivity contribution is 5.65. The third kappa shape index (κ3) is 5.76. The number of carbonyl (C=O) groups is 1. The predicted molar refractivity (Wildman–Crippen MR) is 67.2 cm³/mol. The average Bonchev–Trinajstić information content (AvgIpc) is 2.35. The second kappa shape index (κ2) is 7.25. The van der Waals surface area contributed by atoms with E-state index in [4.69, 9.17) is 4.74 Å². The van der Waals surface area contributed by atoms with Crippen LogP contribution in [0.2, 0.25) is 0 Å². The van der Waals surface area contributed by atoms with Crippen LogP contribution >= 0.6 is 0 Å². The standard InChI is InChI=1S/C13H14FNO4/c1-10(16)19-8-2-3-13(15(17)18)9-11-4-6-12(14)7-5-11/h4-7,9H,2-3,8H2,1H3/b13-9+. The van der Waals surface area contributed by atoms with Crippen LogP contribution in [0.4, 0.5) is 4.39 Å². The maximum atomic E-state index is 12.7. The zero-order valence-electron chi connectivity index (χ0n) is 10.5. The molecule has 0 saturated heterocycles.